The summed E-state index contributed by atoms with van der Waals surface area (Å²) in [7, 11) is 0. The van der Waals surface area contributed by atoms with Crippen molar-refractivity contribution < 1.29 is 18.4 Å². The quantitative estimate of drug-likeness (QED) is 0.863. The van der Waals surface area contributed by atoms with Gasteiger partial charge in [0.2, 0.25) is 11.8 Å². The smallest absolute Gasteiger partial charge is 0.247 e. The summed E-state index contributed by atoms with van der Waals surface area (Å²) in [6, 6.07) is 12.4. The first-order valence-electron chi connectivity index (χ1n) is 8.55. The van der Waals surface area contributed by atoms with Crippen LogP contribution in [0, 0.1) is 5.82 Å². The Hall–Kier alpha value is -2.76. The number of carbonyl (C=O) groups is 2. The number of halogens is 2. The monoisotopic (exact) mass is 358 g/mol. The van der Waals surface area contributed by atoms with E-state index in [0.717, 1.165) is 16.7 Å². The second kappa shape index (κ2) is 8.08. The van der Waals surface area contributed by atoms with Crippen LogP contribution in [0.4, 0.5) is 8.78 Å². The molecule has 0 spiro atoms. The molecule has 1 atom stereocenters. The van der Waals surface area contributed by atoms with E-state index in [2.05, 4.69) is 5.32 Å². The van der Waals surface area contributed by atoms with Gasteiger partial charge in [-0.05, 0) is 35.2 Å². The lowest BCUT2D eigenvalue weighted by Crippen LogP contribution is -2.47. The number of benzene rings is 2. The van der Waals surface area contributed by atoms with Gasteiger partial charge >= 0.3 is 0 Å². The molecule has 2 aromatic carbocycles. The van der Waals surface area contributed by atoms with Gasteiger partial charge in [-0.3, -0.25) is 14.0 Å². The minimum atomic E-state index is -0.778. The average molecular weight is 358 g/mol. The number of fused-ring (bicyclic) bond motifs is 1. The number of nitrogens with zero attached hydrogens (tertiary/aromatic N) is 1. The Labute approximate surface area is 150 Å². The predicted molar refractivity (Wildman–Crippen MR) is 93.4 cm³/mol. The molecule has 0 radical (unpaired) electrons. The van der Waals surface area contributed by atoms with E-state index in [1.165, 1.54) is 17.0 Å². The third kappa shape index (κ3) is 3.90. The lowest BCUT2D eigenvalue weighted by atomic mass is 9.91. The van der Waals surface area contributed by atoms with E-state index in [0.29, 0.717) is 0 Å². The third-order valence-electron chi connectivity index (χ3n) is 4.48. The van der Waals surface area contributed by atoms with Gasteiger partial charge in [0, 0.05) is 13.1 Å². The van der Waals surface area contributed by atoms with Crippen molar-refractivity contribution in [2.75, 3.05) is 13.2 Å². The van der Waals surface area contributed by atoms with Gasteiger partial charge in [-0.25, -0.2) is 4.39 Å². The number of hydrogen-bond donors (Lipinski definition) is 1. The standard InChI is InChI=1S/C20H20F2N2O2/c21-10-3-11-24-18(25)12-15-4-1-2-5-17(15)19(24)20(26)23-13-14-6-8-16(22)9-7-14/h1-2,4-9,19H,3,10-13H2,(H,23,26)/t19-/m0/s1. The molecule has 2 amide bonds. The van der Waals surface area contributed by atoms with Crippen molar-refractivity contribution in [1.82, 2.24) is 10.2 Å². The number of nitrogens with one attached hydrogen (secondary N) is 1. The van der Waals surface area contributed by atoms with Gasteiger partial charge in [0.25, 0.3) is 0 Å². The molecule has 0 fully saturated rings. The van der Waals surface area contributed by atoms with E-state index in [1.54, 1.807) is 12.1 Å². The molecular weight excluding hydrogens is 338 g/mol. The van der Waals surface area contributed by atoms with Crippen LogP contribution in [0.5, 0.6) is 0 Å². The molecule has 6 heteroatoms. The summed E-state index contributed by atoms with van der Waals surface area (Å²) in [4.78, 5) is 26.8. The molecule has 1 N–H and O–H groups in total. The minimum Gasteiger partial charge on any atom is -0.350 e. The van der Waals surface area contributed by atoms with Gasteiger partial charge in [0.1, 0.15) is 11.9 Å². The highest BCUT2D eigenvalue weighted by Gasteiger charge is 2.36. The van der Waals surface area contributed by atoms with Crippen LogP contribution >= 0.6 is 0 Å². The van der Waals surface area contributed by atoms with E-state index in [1.807, 2.05) is 24.3 Å². The third-order valence-corrected chi connectivity index (χ3v) is 4.48. The highest BCUT2D eigenvalue weighted by Crippen LogP contribution is 2.30. The maximum absolute atomic E-state index is 13.0. The van der Waals surface area contributed by atoms with Crippen molar-refractivity contribution in [3.05, 3.63) is 71.0 Å². The summed E-state index contributed by atoms with van der Waals surface area (Å²) in [5.41, 5.74) is 2.34. The SMILES string of the molecule is O=C(NCc1ccc(F)cc1)[C@@H]1c2ccccc2CC(=O)N1CCCF. The molecule has 0 saturated carbocycles. The topological polar surface area (TPSA) is 49.4 Å². The largest absolute Gasteiger partial charge is 0.350 e. The number of hydrogen-bond acceptors (Lipinski definition) is 2. The Morgan fingerprint density at radius 1 is 1.15 bits per heavy atom. The van der Waals surface area contributed by atoms with Crippen LogP contribution in [-0.4, -0.2) is 29.9 Å². The van der Waals surface area contributed by atoms with E-state index in [9.17, 15) is 18.4 Å². The zero-order valence-electron chi connectivity index (χ0n) is 14.3. The van der Waals surface area contributed by atoms with Crippen molar-refractivity contribution in [3.8, 4) is 0 Å². The number of amides is 2. The molecule has 4 nitrogen and oxygen atoms in total. The fourth-order valence-corrected chi connectivity index (χ4v) is 3.19. The van der Waals surface area contributed by atoms with Crippen LogP contribution in [0.2, 0.25) is 0 Å². The Bertz CT molecular complexity index is 793. The van der Waals surface area contributed by atoms with Crippen LogP contribution < -0.4 is 5.32 Å². The maximum atomic E-state index is 13.0. The molecule has 3 rings (SSSR count). The summed E-state index contributed by atoms with van der Waals surface area (Å²) in [6.07, 6.45) is 0.403. The fraction of sp³-hybridized carbons (Fsp3) is 0.300. The van der Waals surface area contributed by atoms with Crippen molar-refractivity contribution in [3.63, 3.8) is 0 Å². The summed E-state index contributed by atoms with van der Waals surface area (Å²) in [5.74, 6) is -0.850. The van der Waals surface area contributed by atoms with Gasteiger partial charge in [-0.15, -0.1) is 0 Å². The first kappa shape index (κ1) is 18.0. The highest BCUT2D eigenvalue weighted by atomic mass is 19.1. The molecule has 2 aromatic rings. The first-order chi connectivity index (χ1) is 12.6. The van der Waals surface area contributed by atoms with Crippen molar-refractivity contribution in [2.24, 2.45) is 0 Å². The van der Waals surface area contributed by atoms with E-state index < -0.39 is 12.7 Å². The molecule has 1 aliphatic heterocycles. The first-order valence-corrected chi connectivity index (χ1v) is 8.55. The zero-order chi connectivity index (χ0) is 18.5. The van der Waals surface area contributed by atoms with E-state index in [-0.39, 0.29) is 43.6 Å². The van der Waals surface area contributed by atoms with Crippen molar-refractivity contribution >= 4 is 11.8 Å². The second-order valence-electron chi connectivity index (χ2n) is 6.25. The molecule has 136 valence electrons. The number of alkyl halides is 1. The molecule has 0 aromatic heterocycles. The number of carbonyl (C=O) groups excluding carboxylic acids is 2. The number of rotatable bonds is 6. The molecule has 0 saturated heterocycles. The zero-order valence-corrected chi connectivity index (χ0v) is 14.3. The van der Waals surface area contributed by atoms with Crippen LogP contribution in [-0.2, 0) is 22.6 Å². The van der Waals surface area contributed by atoms with E-state index in [4.69, 9.17) is 0 Å². The van der Waals surface area contributed by atoms with Gasteiger partial charge < -0.3 is 10.2 Å². The molecule has 26 heavy (non-hydrogen) atoms. The van der Waals surface area contributed by atoms with Crippen LogP contribution in [0.25, 0.3) is 0 Å². The van der Waals surface area contributed by atoms with Crippen molar-refractivity contribution in [2.45, 2.75) is 25.4 Å². The predicted octanol–water partition coefficient (Wildman–Crippen LogP) is 2.93. The average Bonchev–Trinajstić information content (AvgIpc) is 2.65. The fourth-order valence-electron chi connectivity index (χ4n) is 3.19. The molecule has 0 aliphatic carbocycles. The molecular formula is C20H20F2N2O2. The van der Waals surface area contributed by atoms with Crippen LogP contribution in [0.15, 0.2) is 48.5 Å². The molecule has 1 heterocycles. The van der Waals surface area contributed by atoms with Gasteiger partial charge in [-0.2, -0.15) is 0 Å². The Morgan fingerprint density at radius 2 is 1.88 bits per heavy atom. The summed E-state index contributed by atoms with van der Waals surface area (Å²) in [5, 5.41) is 2.81. The van der Waals surface area contributed by atoms with E-state index >= 15 is 0 Å². The molecule has 1 aliphatic rings. The van der Waals surface area contributed by atoms with Gasteiger partial charge in [0.15, 0.2) is 0 Å². The lowest BCUT2D eigenvalue weighted by Gasteiger charge is -2.36. The lowest BCUT2D eigenvalue weighted by molar-refractivity contribution is -0.141. The summed E-state index contributed by atoms with van der Waals surface area (Å²) >= 11 is 0. The summed E-state index contributed by atoms with van der Waals surface area (Å²) in [6.45, 7) is -0.128. The van der Waals surface area contributed by atoms with Crippen LogP contribution in [0.3, 0.4) is 0 Å². The highest BCUT2D eigenvalue weighted by molar-refractivity contribution is 5.92. The Kier molecular flexibility index (Phi) is 5.61. The molecule has 0 unspecified atom stereocenters. The normalized spacial score (nSPS) is 16.3. The minimum absolute atomic E-state index is 0.181. The van der Waals surface area contributed by atoms with Gasteiger partial charge in [0.05, 0.1) is 13.1 Å². The molecule has 0 bridgehead atoms. The Balaban J connectivity index is 1.81. The van der Waals surface area contributed by atoms with Crippen molar-refractivity contribution in [1.29, 1.82) is 0 Å². The second-order valence-corrected chi connectivity index (χ2v) is 6.25. The van der Waals surface area contributed by atoms with Gasteiger partial charge in [-0.1, -0.05) is 36.4 Å². The van der Waals surface area contributed by atoms with Crippen LogP contribution in [0.1, 0.15) is 29.2 Å². The Morgan fingerprint density at radius 3 is 2.62 bits per heavy atom. The maximum Gasteiger partial charge on any atom is 0.247 e. The summed E-state index contributed by atoms with van der Waals surface area (Å²) < 4.78 is 25.6.